The molecule has 2 amide bonds. The van der Waals surface area contributed by atoms with Gasteiger partial charge in [-0.3, -0.25) is 9.59 Å². The Hall–Kier alpha value is -1.84. The predicted octanol–water partition coefficient (Wildman–Crippen LogP) is 2.50. The van der Waals surface area contributed by atoms with Crippen LogP contribution >= 0.6 is 0 Å². The second-order valence-corrected chi connectivity index (χ2v) is 5.75. The average Bonchev–Trinajstić information content (AvgIpc) is 2.42. The first kappa shape index (κ1) is 14.6. The SMILES string of the molecule is Cc1ccc(NC(=O)C(=O)N2CCC(C)CC2)c(C)c1. The number of nitrogens with zero attached hydrogens (tertiary/aromatic N) is 1. The van der Waals surface area contributed by atoms with Crippen molar-refractivity contribution in [3.05, 3.63) is 29.3 Å². The first-order valence-electron chi connectivity index (χ1n) is 7.15. The molecule has 2 rings (SSSR count). The monoisotopic (exact) mass is 274 g/mol. The Balaban J connectivity index is 1.99. The zero-order valence-corrected chi connectivity index (χ0v) is 12.4. The topological polar surface area (TPSA) is 49.4 Å². The van der Waals surface area contributed by atoms with Crippen LogP contribution in [0.3, 0.4) is 0 Å². The summed E-state index contributed by atoms with van der Waals surface area (Å²) >= 11 is 0. The van der Waals surface area contributed by atoms with E-state index in [4.69, 9.17) is 0 Å². The van der Waals surface area contributed by atoms with Crippen molar-refractivity contribution in [2.75, 3.05) is 18.4 Å². The summed E-state index contributed by atoms with van der Waals surface area (Å²) in [6, 6.07) is 5.76. The number of nitrogens with one attached hydrogen (secondary N) is 1. The van der Waals surface area contributed by atoms with E-state index in [1.165, 1.54) is 0 Å². The third-order valence-corrected chi connectivity index (χ3v) is 3.90. The lowest BCUT2D eigenvalue weighted by atomic mass is 9.99. The van der Waals surface area contributed by atoms with Crippen molar-refractivity contribution in [1.82, 2.24) is 4.90 Å². The number of hydrogen-bond donors (Lipinski definition) is 1. The van der Waals surface area contributed by atoms with Crippen LogP contribution in [-0.4, -0.2) is 29.8 Å². The van der Waals surface area contributed by atoms with Crippen LogP contribution in [0.25, 0.3) is 0 Å². The molecule has 0 aromatic heterocycles. The molecule has 0 spiro atoms. The molecule has 108 valence electrons. The molecule has 1 heterocycles. The maximum atomic E-state index is 12.1. The summed E-state index contributed by atoms with van der Waals surface area (Å²) in [4.78, 5) is 25.8. The fraction of sp³-hybridized carbons (Fsp3) is 0.500. The molecule has 0 atom stereocenters. The van der Waals surface area contributed by atoms with Gasteiger partial charge in [-0.2, -0.15) is 0 Å². The number of benzene rings is 1. The maximum absolute atomic E-state index is 12.1. The van der Waals surface area contributed by atoms with E-state index in [-0.39, 0.29) is 0 Å². The Morgan fingerprint density at radius 3 is 2.45 bits per heavy atom. The Kier molecular flexibility index (Phi) is 4.42. The van der Waals surface area contributed by atoms with Crippen LogP contribution in [0.15, 0.2) is 18.2 Å². The summed E-state index contributed by atoms with van der Waals surface area (Å²) in [6.45, 7) is 7.46. The molecule has 0 bridgehead atoms. The van der Waals surface area contributed by atoms with Gasteiger partial charge in [0.1, 0.15) is 0 Å². The highest BCUT2D eigenvalue weighted by molar-refractivity contribution is 6.39. The number of rotatable bonds is 1. The minimum Gasteiger partial charge on any atom is -0.334 e. The number of carbonyl (C=O) groups is 2. The van der Waals surface area contributed by atoms with E-state index in [1.54, 1.807) is 4.90 Å². The third-order valence-electron chi connectivity index (χ3n) is 3.90. The molecular weight excluding hydrogens is 252 g/mol. The van der Waals surface area contributed by atoms with E-state index in [9.17, 15) is 9.59 Å². The van der Waals surface area contributed by atoms with Gasteiger partial charge in [0, 0.05) is 18.8 Å². The number of hydrogen-bond acceptors (Lipinski definition) is 2. The van der Waals surface area contributed by atoms with Crippen molar-refractivity contribution in [3.63, 3.8) is 0 Å². The van der Waals surface area contributed by atoms with Crippen LogP contribution in [0.1, 0.15) is 30.9 Å². The van der Waals surface area contributed by atoms with Gasteiger partial charge in [0.15, 0.2) is 0 Å². The largest absolute Gasteiger partial charge is 0.334 e. The maximum Gasteiger partial charge on any atom is 0.313 e. The minimum atomic E-state index is -0.536. The Morgan fingerprint density at radius 2 is 1.85 bits per heavy atom. The fourth-order valence-electron chi connectivity index (χ4n) is 2.48. The first-order valence-corrected chi connectivity index (χ1v) is 7.15. The van der Waals surface area contributed by atoms with Crippen LogP contribution in [-0.2, 0) is 9.59 Å². The van der Waals surface area contributed by atoms with E-state index in [1.807, 2.05) is 32.0 Å². The van der Waals surface area contributed by atoms with Gasteiger partial charge in [-0.1, -0.05) is 24.6 Å². The van der Waals surface area contributed by atoms with Crippen LogP contribution in [0.4, 0.5) is 5.69 Å². The van der Waals surface area contributed by atoms with Crippen LogP contribution in [0.5, 0.6) is 0 Å². The summed E-state index contributed by atoms with van der Waals surface area (Å²) in [5.74, 6) is -0.315. The lowest BCUT2D eigenvalue weighted by Crippen LogP contribution is -2.43. The van der Waals surface area contributed by atoms with Gasteiger partial charge in [-0.15, -0.1) is 0 Å². The predicted molar refractivity (Wildman–Crippen MR) is 79.5 cm³/mol. The van der Waals surface area contributed by atoms with Gasteiger partial charge < -0.3 is 10.2 Å². The van der Waals surface area contributed by atoms with Gasteiger partial charge >= 0.3 is 11.8 Å². The van der Waals surface area contributed by atoms with Crippen LogP contribution in [0, 0.1) is 19.8 Å². The first-order chi connectivity index (χ1) is 9.47. The van der Waals surface area contributed by atoms with Crippen molar-refractivity contribution in [2.45, 2.75) is 33.6 Å². The molecule has 1 aromatic carbocycles. The zero-order chi connectivity index (χ0) is 14.7. The number of likely N-dealkylation sites (tertiary alicyclic amines) is 1. The summed E-state index contributed by atoms with van der Waals surface area (Å²) < 4.78 is 0. The highest BCUT2D eigenvalue weighted by atomic mass is 16.2. The van der Waals surface area contributed by atoms with Crippen molar-refractivity contribution < 1.29 is 9.59 Å². The van der Waals surface area contributed by atoms with Crippen molar-refractivity contribution in [1.29, 1.82) is 0 Å². The van der Waals surface area contributed by atoms with E-state index in [0.717, 1.165) is 24.0 Å². The molecule has 4 heteroatoms. The molecule has 1 saturated heterocycles. The molecule has 0 saturated carbocycles. The van der Waals surface area contributed by atoms with Gasteiger partial charge in [0.2, 0.25) is 0 Å². The van der Waals surface area contributed by atoms with E-state index >= 15 is 0 Å². The summed E-state index contributed by atoms with van der Waals surface area (Å²) in [5, 5.41) is 2.72. The molecule has 0 radical (unpaired) electrons. The van der Waals surface area contributed by atoms with Crippen molar-refractivity contribution >= 4 is 17.5 Å². The van der Waals surface area contributed by atoms with Crippen molar-refractivity contribution in [3.8, 4) is 0 Å². The highest BCUT2D eigenvalue weighted by Crippen LogP contribution is 2.18. The van der Waals surface area contributed by atoms with Gasteiger partial charge in [0.05, 0.1) is 0 Å². The summed E-state index contributed by atoms with van der Waals surface area (Å²) in [6.07, 6.45) is 1.95. The van der Waals surface area contributed by atoms with Crippen LogP contribution in [0.2, 0.25) is 0 Å². The number of amides is 2. The molecule has 0 unspecified atom stereocenters. The fourth-order valence-corrected chi connectivity index (χ4v) is 2.48. The van der Waals surface area contributed by atoms with Crippen molar-refractivity contribution in [2.24, 2.45) is 5.92 Å². The quantitative estimate of drug-likeness (QED) is 0.800. The molecule has 1 N–H and O–H groups in total. The third kappa shape index (κ3) is 3.38. The lowest BCUT2D eigenvalue weighted by Gasteiger charge is -2.29. The summed E-state index contributed by atoms with van der Waals surface area (Å²) in [5.41, 5.74) is 2.81. The molecule has 1 aliphatic heterocycles. The second kappa shape index (κ2) is 6.07. The Bertz CT molecular complexity index is 517. The summed E-state index contributed by atoms with van der Waals surface area (Å²) in [7, 11) is 0. The molecule has 20 heavy (non-hydrogen) atoms. The molecule has 4 nitrogen and oxygen atoms in total. The lowest BCUT2D eigenvalue weighted by molar-refractivity contribution is -0.144. The molecular formula is C16H22N2O2. The minimum absolute atomic E-state index is 0.420. The van der Waals surface area contributed by atoms with E-state index < -0.39 is 11.8 Å². The number of anilines is 1. The highest BCUT2D eigenvalue weighted by Gasteiger charge is 2.25. The van der Waals surface area contributed by atoms with Crippen LogP contribution < -0.4 is 5.32 Å². The standard InChI is InChI=1S/C16H22N2O2/c1-11-6-8-18(9-7-11)16(20)15(19)17-14-5-4-12(2)10-13(14)3/h4-5,10-11H,6-9H2,1-3H3,(H,17,19). The number of aryl methyl sites for hydroxylation is 2. The molecule has 1 fully saturated rings. The average molecular weight is 274 g/mol. The Morgan fingerprint density at radius 1 is 1.20 bits per heavy atom. The molecule has 0 aliphatic carbocycles. The number of piperidine rings is 1. The smallest absolute Gasteiger partial charge is 0.313 e. The second-order valence-electron chi connectivity index (χ2n) is 5.75. The van der Waals surface area contributed by atoms with E-state index in [2.05, 4.69) is 12.2 Å². The van der Waals surface area contributed by atoms with E-state index in [0.29, 0.717) is 24.7 Å². The van der Waals surface area contributed by atoms with Gasteiger partial charge in [-0.25, -0.2) is 0 Å². The molecule has 1 aliphatic rings. The normalized spacial score (nSPS) is 16.1. The number of carbonyl (C=O) groups excluding carboxylic acids is 2. The zero-order valence-electron chi connectivity index (χ0n) is 12.4. The van der Waals surface area contributed by atoms with Gasteiger partial charge in [-0.05, 0) is 44.2 Å². The van der Waals surface area contributed by atoms with Gasteiger partial charge in [0.25, 0.3) is 0 Å². The molecule has 1 aromatic rings. The Labute approximate surface area is 120 Å².